The predicted octanol–water partition coefficient (Wildman–Crippen LogP) is 2.12. The summed E-state index contributed by atoms with van der Waals surface area (Å²) in [5, 5.41) is 8.83. The van der Waals surface area contributed by atoms with Crippen LogP contribution < -0.4 is 0 Å². The monoisotopic (exact) mass is 274 g/mol. The summed E-state index contributed by atoms with van der Waals surface area (Å²) in [5.74, 6) is 1.04. The second kappa shape index (κ2) is 4.47. The second-order valence-corrected chi connectivity index (χ2v) is 4.53. The Morgan fingerprint density at radius 2 is 2.00 bits per heavy atom. The van der Waals surface area contributed by atoms with Gasteiger partial charge in [-0.2, -0.15) is 20.2 Å². The molecule has 0 aliphatic carbocycles. The zero-order valence-electron chi connectivity index (χ0n) is 10.4. The van der Waals surface area contributed by atoms with Gasteiger partial charge in [0.05, 0.1) is 5.69 Å². The Labute approximate surface area is 114 Å². The van der Waals surface area contributed by atoms with E-state index in [0.29, 0.717) is 16.9 Å². The highest BCUT2D eigenvalue weighted by Gasteiger charge is 2.10. The van der Waals surface area contributed by atoms with Gasteiger partial charge in [0.15, 0.2) is 5.82 Å². The standard InChI is InChI=1S/C12H11ClN6/c1-8-6-9(2)19(17-8)12-15-10(13)7-11(16-12)18-5-3-4-14-18/h3-7H,1-2H3. The van der Waals surface area contributed by atoms with Crippen molar-refractivity contribution in [2.75, 3.05) is 0 Å². The van der Waals surface area contributed by atoms with Crippen LogP contribution in [0.15, 0.2) is 30.6 Å². The Morgan fingerprint density at radius 1 is 1.16 bits per heavy atom. The van der Waals surface area contributed by atoms with Crippen molar-refractivity contribution in [2.45, 2.75) is 13.8 Å². The molecular weight excluding hydrogens is 264 g/mol. The Hall–Kier alpha value is -2.21. The molecule has 3 heterocycles. The third kappa shape index (κ3) is 2.22. The number of hydrogen-bond acceptors (Lipinski definition) is 4. The molecule has 0 saturated heterocycles. The Bertz CT molecular complexity index is 716. The zero-order valence-corrected chi connectivity index (χ0v) is 11.2. The average Bonchev–Trinajstić information content (AvgIpc) is 2.98. The maximum absolute atomic E-state index is 6.04. The van der Waals surface area contributed by atoms with Crippen LogP contribution >= 0.6 is 11.6 Å². The molecule has 0 aliphatic rings. The van der Waals surface area contributed by atoms with E-state index in [-0.39, 0.29) is 0 Å². The minimum absolute atomic E-state index is 0.350. The molecule has 0 bridgehead atoms. The third-order valence-electron chi connectivity index (χ3n) is 2.61. The second-order valence-electron chi connectivity index (χ2n) is 4.14. The van der Waals surface area contributed by atoms with Gasteiger partial charge in [-0.15, -0.1) is 0 Å². The van der Waals surface area contributed by atoms with Crippen molar-refractivity contribution in [3.05, 3.63) is 47.1 Å². The van der Waals surface area contributed by atoms with E-state index in [2.05, 4.69) is 20.2 Å². The maximum atomic E-state index is 6.04. The normalized spacial score (nSPS) is 10.9. The molecule has 0 saturated carbocycles. The Balaban J connectivity index is 2.15. The van der Waals surface area contributed by atoms with Gasteiger partial charge in [-0.1, -0.05) is 11.6 Å². The summed E-state index contributed by atoms with van der Waals surface area (Å²) in [7, 11) is 0. The van der Waals surface area contributed by atoms with E-state index in [4.69, 9.17) is 11.6 Å². The van der Waals surface area contributed by atoms with Crippen LogP contribution in [0, 0.1) is 13.8 Å². The lowest BCUT2D eigenvalue weighted by Crippen LogP contribution is -2.08. The van der Waals surface area contributed by atoms with Crippen LogP contribution in [0.5, 0.6) is 0 Å². The van der Waals surface area contributed by atoms with Crippen molar-refractivity contribution in [2.24, 2.45) is 0 Å². The molecule has 6 nitrogen and oxygen atoms in total. The van der Waals surface area contributed by atoms with Crippen molar-refractivity contribution in [1.29, 1.82) is 0 Å². The van der Waals surface area contributed by atoms with Crippen LogP contribution in [0.25, 0.3) is 11.8 Å². The minimum atomic E-state index is 0.350. The lowest BCUT2D eigenvalue weighted by atomic mass is 10.4. The number of nitrogens with zero attached hydrogens (tertiary/aromatic N) is 6. The van der Waals surface area contributed by atoms with Crippen molar-refractivity contribution >= 4 is 11.6 Å². The molecule has 0 spiro atoms. The number of hydrogen-bond donors (Lipinski definition) is 0. The van der Waals surface area contributed by atoms with Crippen LogP contribution in [-0.4, -0.2) is 29.5 Å². The summed E-state index contributed by atoms with van der Waals surface area (Å²) < 4.78 is 3.29. The molecule has 3 rings (SSSR count). The smallest absolute Gasteiger partial charge is 0.222 e. The van der Waals surface area contributed by atoms with E-state index >= 15 is 0 Å². The Kier molecular flexibility index (Phi) is 2.79. The first-order valence-electron chi connectivity index (χ1n) is 5.72. The minimum Gasteiger partial charge on any atom is -0.222 e. The molecule has 96 valence electrons. The van der Waals surface area contributed by atoms with Crippen molar-refractivity contribution in [3.8, 4) is 11.8 Å². The molecule has 0 aliphatic heterocycles. The van der Waals surface area contributed by atoms with Gasteiger partial charge < -0.3 is 0 Å². The van der Waals surface area contributed by atoms with Crippen LogP contribution in [0.1, 0.15) is 11.4 Å². The number of aromatic nitrogens is 6. The highest BCUT2D eigenvalue weighted by atomic mass is 35.5. The summed E-state index contributed by atoms with van der Waals surface area (Å²) in [4.78, 5) is 8.63. The van der Waals surface area contributed by atoms with E-state index in [1.165, 1.54) is 0 Å². The molecule has 0 N–H and O–H groups in total. The van der Waals surface area contributed by atoms with Gasteiger partial charge in [0, 0.05) is 24.2 Å². The molecule has 0 amide bonds. The summed E-state index contributed by atoms with van der Waals surface area (Å²) in [6.07, 6.45) is 3.47. The topological polar surface area (TPSA) is 61.4 Å². The molecule has 0 fully saturated rings. The molecule has 7 heteroatoms. The van der Waals surface area contributed by atoms with Crippen molar-refractivity contribution in [1.82, 2.24) is 29.5 Å². The molecule has 3 aromatic heterocycles. The molecule has 19 heavy (non-hydrogen) atoms. The fourth-order valence-corrected chi connectivity index (χ4v) is 2.02. The number of halogens is 1. The third-order valence-corrected chi connectivity index (χ3v) is 2.80. The maximum Gasteiger partial charge on any atom is 0.254 e. The number of aryl methyl sites for hydroxylation is 2. The molecule has 0 aromatic carbocycles. The highest BCUT2D eigenvalue weighted by Crippen LogP contribution is 2.14. The SMILES string of the molecule is Cc1cc(C)n(-c2nc(Cl)cc(-n3cccn3)n2)n1. The average molecular weight is 275 g/mol. The van der Waals surface area contributed by atoms with Crippen LogP contribution in [0.3, 0.4) is 0 Å². The number of rotatable bonds is 2. The van der Waals surface area contributed by atoms with Crippen LogP contribution in [0.2, 0.25) is 5.15 Å². The van der Waals surface area contributed by atoms with Crippen LogP contribution in [0.4, 0.5) is 0 Å². The van der Waals surface area contributed by atoms with Gasteiger partial charge in [0.25, 0.3) is 5.95 Å². The van der Waals surface area contributed by atoms with E-state index in [0.717, 1.165) is 11.4 Å². The van der Waals surface area contributed by atoms with E-state index < -0.39 is 0 Å². The Morgan fingerprint density at radius 3 is 2.63 bits per heavy atom. The van der Waals surface area contributed by atoms with Crippen molar-refractivity contribution in [3.63, 3.8) is 0 Å². The molecular formula is C12H11ClN6. The van der Waals surface area contributed by atoms with E-state index in [1.807, 2.05) is 26.0 Å². The highest BCUT2D eigenvalue weighted by molar-refractivity contribution is 6.29. The van der Waals surface area contributed by atoms with Crippen molar-refractivity contribution < 1.29 is 0 Å². The summed E-state index contributed by atoms with van der Waals surface area (Å²) in [6.45, 7) is 3.86. The first-order chi connectivity index (χ1) is 9.13. The molecule has 3 aromatic rings. The molecule has 0 atom stereocenters. The first-order valence-corrected chi connectivity index (χ1v) is 6.09. The van der Waals surface area contributed by atoms with Crippen LogP contribution in [-0.2, 0) is 0 Å². The van der Waals surface area contributed by atoms with Gasteiger partial charge in [-0.25, -0.2) is 9.36 Å². The molecule has 0 radical (unpaired) electrons. The lowest BCUT2D eigenvalue weighted by molar-refractivity contribution is 0.752. The fourth-order valence-electron chi connectivity index (χ4n) is 1.84. The lowest BCUT2D eigenvalue weighted by Gasteiger charge is -2.06. The van der Waals surface area contributed by atoms with Gasteiger partial charge in [-0.3, -0.25) is 0 Å². The van der Waals surface area contributed by atoms with Gasteiger partial charge >= 0.3 is 0 Å². The molecule has 0 unspecified atom stereocenters. The summed E-state index contributed by atoms with van der Waals surface area (Å²) in [6, 6.07) is 5.43. The largest absolute Gasteiger partial charge is 0.254 e. The van der Waals surface area contributed by atoms with Gasteiger partial charge in [-0.05, 0) is 26.0 Å². The van der Waals surface area contributed by atoms with E-state index in [1.54, 1.807) is 27.8 Å². The summed E-state index contributed by atoms with van der Waals surface area (Å²) >= 11 is 6.04. The zero-order chi connectivity index (χ0) is 13.4. The van der Waals surface area contributed by atoms with E-state index in [9.17, 15) is 0 Å². The van der Waals surface area contributed by atoms with Gasteiger partial charge in [0.2, 0.25) is 0 Å². The predicted molar refractivity (Wildman–Crippen MR) is 70.8 cm³/mol. The fraction of sp³-hybridized carbons (Fsp3) is 0.167. The quantitative estimate of drug-likeness (QED) is 0.672. The van der Waals surface area contributed by atoms with Gasteiger partial charge in [0.1, 0.15) is 5.15 Å². The summed E-state index contributed by atoms with van der Waals surface area (Å²) in [5.41, 5.74) is 1.85. The first kappa shape index (κ1) is 11.9.